The third kappa shape index (κ3) is 4.35. The van der Waals surface area contributed by atoms with Crippen LogP contribution >= 0.6 is 0 Å². The van der Waals surface area contributed by atoms with E-state index < -0.39 is 0 Å². The molecule has 0 spiro atoms. The number of halogens is 1. The van der Waals surface area contributed by atoms with Crippen LogP contribution in [0.2, 0.25) is 0 Å². The smallest absolute Gasteiger partial charge is 0.225 e. The molecule has 0 saturated heterocycles. The summed E-state index contributed by atoms with van der Waals surface area (Å²) in [6.07, 6.45) is 9.38. The number of carbonyl (C=O) groups is 1. The van der Waals surface area contributed by atoms with Crippen LogP contribution in [0.15, 0.2) is 24.3 Å². The standard InChI is InChI=1S/C20H29FN2O/c21-17-10-8-15(9-11-17)12-13-23(19-6-1-2-7-19)20(24)16-4-3-5-18(22)14-16/h8-11,16,18-19H,1-7,12-14,22H2. The molecule has 2 unspecified atom stereocenters. The summed E-state index contributed by atoms with van der Waals surface area (Å²) in [6.45, 7) is 0.737. The topological polar surface area (TPSA) is 46.3 Å². The lowest BCUT2D eigenvalue weighted by molar-refractivity contribution is -0.139. The number of nitrogens with zero attached hydrogens (tertiary/aromatic N) is 1. The van der Waals surface area contributed by atoms with E-state index in [9.17, 15) is 9.18 Å². The summed E-state index contributed by atoms with van der Waals surface area (Å²) in [6, 6.07) is 7.20. The third-order valence-corrected chi connectivity index (χ3v) is 5.67. The third-order valence-electron chi connectivity index (χ3n) is 5.67. The second kappa shape index (κ2) is 8.11. The van der Waals surface area contributed by atoms with Crippen molar-refractivity contribution in [3.05, 3.63) is 35.6 Å². The molecule has 0 radical (unpaired) electrons. The molecule has 24 heavy (non-hydrogen) atoms. The first kappa shape index (κ1) is 17.4. The van der Waals surface area contributed by atoms with Crippen LogP contribution in [0.25, 0.3) is 0 Å². The normalized spacial score (nSPS) is 24.9. The second-order valence-corrected chi connectivity index (χ2v) is 7.47. The Hall–Kier alpha value is -1.42. The van der Waals surface area contributed by atoms with Crippen molar-refractivity contribution >= 4 is 5.91 Å². The monoisotopic (exact) mass is 332 g/mol. The molecule has 132 valence electrons. The van der Waals surface area contributed by atoms with E-state index in [0.717, 1.165) is 57.1 Å². The van der Waals surface area contributed by atoms with E-state index >= 15 is 0 Å². The minimum atomic E-state index is -0.210. The van der Waals surface area contributed by atoms with Gasteiger partial charge in [0.15, 0.2) is 0 Å². The van der Waals surface area contributed by atoms with Crippen molar-refractivity contribution in [2.45, 2.75) is 69.9 Å². The van der Waals surface area contributed by atoms with Gasteiger partial charge in [0.25, 0.3) is 0 Å². The van der Waals surface area contributed by atoms with E-state index in [0.29, 0.717) is 11.9 Å². The van der Waals surface area contributed by atoms with Crippen LogP contribution in [0.1, 0.15) is 56.9 Å². The Morgan fingerprint density at radius 1 is 1.08 bits per heavy atom. The van der Waals surface area contributed by atoms with Gasteiger partial charge in [-0.15, -0.1) is 0 Å². The summed E-state index contributed by atoms with van der Waals surface area (Å²) in [5, 5.41) is 0. The Labute approximate surface area is 144 Å². The van der Waals surface area contributed by atoms with Crippen molar-refractivity contribution in [2.24, 2.45) is 11.7 Å². The summed E-state index contributed by atoms with van der Waals surface area (Å²) in [4.78, 5) is 15.2. The highest BCUT2D eigenvalue weighted by molar-refractivity contribution is 5.79. The lowest BCUT2D eigenvalue weighted by Gasteiger charge is -2.35. The molecule has 4 heteroatoms. The Balaban J connectivity index is 1.66. The van der Waals surface area contributed by atoms with Crippen LogP contribution in [-0.4, -0.2) is 29.4 Å². The molecule has 1 amide bonds. The van der Waals surface area contributed by atoms with Crippen LogP contribution in [0, 0.1) is 11.7 Å². The summed E-state index contributed by atoms with van der Waals surface area (Å²) in [5.41, 5.74) is 7.18. The summed E-state index contributed by atoms with van der Waals surface area (Å²) in [5.74, 6) is 0.195. The Bertz CT molecular complexity index is 539. The maximum absolute atomic E-state index is 13.1. The first-order chi connectivity index (χ1) is 11.6. The maximum atomic E-state index is 13.1. The van der Waals surface area contributed by atoms with Crippen LogP contribution in [0.4, 0.5) is 4.39 Å². The lowest BCUT2D eigenvalue weighted by Crippen LogP contribution is -2.45. The Morgan fingerprint density at radius 2 is 1.79 bits per heavy atom. The predicted octanol–water partition coefficient (Wildman–Crippen LogP) is 3.66. The van der Waals surface area contributed by atoms with Gasteiger partial charge in [0.05, 0.1) is 0 Å². The van der Waals surface area contributed by atoms with E-state index in [1.165, 1.54) is 25.0 Å². The van der Waals surface area contributed by atoms with Gasteiger partial charge in [0, 0.05) is 24.5 Å². The average Bonchev–Trinajstić information content (AvgIpc) is 3.11. The molecular formula is C20H29FN2O. The van der Waals surface area contributed by atoms with Crippen LogP contribution in [0.5, 0.6) is 0 Å². The number of rotatable bonds is 5. The maximum Gasteiger partial charge on any atom is 0.225 e. The van der Waals surface area contributed by atoms with Gasteiger partial charge in [0.2, 0.25) is 5.91 Å². The molecule has 0 aromatic heterocycles. The Kier molecular flexibility index (Phi) is 5.88. The van der Waals surface area contributed by atoms with Crippen molar-refractivity contribution in [2.75, 3.05) is 6.54 Å². The van der Waals surface area contributed by atoms with Crippen LogP contribution in [-0.2, 0) is 11.2 Å². The lowest BCUT2D eigenvalue weighted by atomic mass is 9.85. The molecule has 2 saturated carbocycles. The number of carbonyl (C=O) groups excluding carboxylic acids is 1. The molecule has 1 aromatic carbocycles. The zero-order valence-corrected chi connectivity index (χ0v) is 14.4. The van der Waals surface area contributed by atoms with Gasteiger partial charge >= 0.3 is 0 Å². The molecule has 2 atom stereocenters. The van der Waals surface area contributed by atoms with Crippen molar-refractivity contribution in [1.29, 1.82) is 0 Å². The molecule has 2 aliphatic carbocycles. The van der Waals surface area contributed by atoms with Crippen LogP contribution in [0.3, 0.4) is 0 Å². The van der Waals surface area contributed by atoms with Gasteiger partial charge in [-0.2, -0.15) is 0 Å². The summed E-state index contributed by atoms with van der Waals surface area (Å²) >= 11 is 0. The molecule has 3 rings (SSSR count). The van der Waals surface area contributed by atoms with E-state index in [1.807, 2.05) is 12.1 Å². The first-order valence-electron chi connectivity index (χ1n) is 9.44. The fourth-order valence-corrected chi connectivity index (χ4v) is 4.28. The van der Waals surface area contributed by atoms with Crippen LogP contribution < -0.4 is 5.73 Å². The molecule has 2 aliphatic rings. The number of amides is 1. The van der Waals surface area contributed by atoms with Gasteiger partial charge in [-0.3, -0.25) is 4.79 Å². The predicted molar refractivity (Wildman–Crippen MR) is 94.0 cm³/mol. The molecule has 0 bridgehead atoms. The van der Waals surface area contributed by atoms with Gasteiger partial charge in [-0.25, -0.2) is 4.39 Å². The summed E-state index contributed by atoms with van der Waals surface area (Å²) in [7, 11) is 0. The molecule has 0 aliphatic heterocycles. The molecule has 0 heterocycles. The second-order valence-electron chi connectivity index (χ2n) is 7.47. The van der Waals surface area contributed by atoms with Crippen molar-refractivity contribution < 1.29 is 9.18 Å². The van der Waals surface area contributed by atoms with E-state index in [-0.39, 0.29) is 17.8 Å². The highest BCUT2D eigenvalue weighted by atomic mass is 19.1. The number of hydrogen-bond acceptors (Lipinski definition) is 2. The van der Waals surface area contributed by atoms with Gasteiger partial charge in [-0.1, -0.05) is 31.4 Å². The fraction of sp³-hybridized carbons (Fsp3) is 0.650. The van der Waals surface area contributed by atoms with E-state index in [1.54, 1.807) is 0 Å². The molecular weight excluding hydrogens is 303 g/mol. The van der Waals surface area contributed by atoms with Crippen molar-refractivity contribution in [1.82, 2.24) is 4.90 Å². The summed E-state index contributed by atoms with van der Waals surface area (Å²) < 4.78 is 13.1. The van der Waals surface area contributed by atoms with Gasteiger partial charge in [-0.05, 0) is 56.2 Å². The SMILES string of the molecule is NC1CCCC(C(=O)N(CCc2ccc(F)cc2)C2CCCC2)C1. The highest BCUT2D eigenvalue weighted by Gasteiger charge is 2.33. The van der Waals surface area contributed by atoms with E-state index in [2.05, 4.69) is 4.90 Å². The molecule has 2 N–H and O–H groups in total. The van der Waals surface area contributed by atoms with Crippen molar-refractivity contribution in [3.63, 3.8) is 0 Å². The quantitative estimate of drug-likeness (QED) is 0.894. The number of benzene rings is 1. The van der Waals surface area contributed by atoms with Gasteiger partial charge in [0.1, 0.15) is 5.82 Å². The minimum Gasteiger partial charge on any atom is -0.339 e. The highest BCUT2D eigenvalue weighted by Crippen LogP contribution is 2.30. The van der Waals surface area contributed by atoms with Gasteiger partial charge < -0.3 is 10.6 Å². The molecule has 3 nitrogen and oxygen atoms in total. The largest absolute Gasteiger partial charge is 0.339 e. The molecule has 1 aromatic rings. The van der Waals surface area contributed by atoms with E-state index in [4.69, 9.17) is 5.73 Å². The first-order valence-corrected chi connectivity index (χ1v) is 9.44. The number of nitrogens with two attached hydrogens (primary N) is 1. The fourth-order valence-electron chi connectivity index (χ4n) is 4.28. The zero-order chi connectivity index (χ0) is 16.9. The van der Waals surface area contributed by atoms with Crippen molar-refractivity contribution in [3.8, 4) is 0 Å². The number of hydrogen-bond donors (Lipinski definition) is 1. The zero-order valence-electron chi connectivity index (χ0n) is 14.4. The Morgan fingerprint density at radius 3 is 2.46 bits per heavy atom. The average molecular weight is 332 g/mol. The molecule has 2 fully saturated rings. The minimum absolute atomic E-state index is 0.0996.